The van der Waals surface area contributed by atoms with E-state index in [-0.39, 0.29) is 11.9 Å². The minimum atomic E-state index is -0.316. The van der Waals surface area contributed by atoms with Crippen molar-refractivity contribution in [3.8, 4) is 5.75 Å². The molecule has 1 atom stereocenters. The standard InChI is InChI=1S/C11H18FN3O/c1-15(2)7-11(14-13)9-5-4-8(16-3)6-10(9)12/h4-6,11,14H,7,13H2,1-3H3. The highest BCUT2D eigenvalue weighted by atomic mass is 19.1. The Balaban J connectivity index is 2.92. The van der Waals surface area contributed by atoms with Gasteiger partial charge in [-0.1, -0.05) is 6.07 Å². The number of nitrogens with one attached hydrogen (secondary N) is 1. The van der Waals surface area contributed by atoms with Gasteiger partial charge in [-0.2, -0.15) is 0 Å². The Labute approximate surface area is 95.2 Å². The zero-order valence-electron chi connectivity index (χ0n) is 9.83. The minimum Gasteiger partial charge on any atom is -0.497 e. The SMILES string of the molecule is COc1ccc(C(CN(C)C)NN)c(F)c1. The highest BCUT2D eigenvalue weighted by Crippen LogP contribution is 2.21. The Hall–Kier alpha value is -1.17. The maximum absolute atomic E-state index is 13.7. The summed E-state index contributed by atoms with van der Waals surface area (Å²) in [6.07, 6.45) is 0. The summed E-state index contributed by atoms with van der Waals surface area (Å²) in [5.74, 6) is 5.60. The third-order valence-electron chi connectivity index (χ3n) is 2.33. The first-order valence-corrected chi connectivity index (χ1v) is 5.02. The Bertz CT molecular complexity index is 344. The highest BCUT2D eigenvalue weighted by Gasteiger charge is 2.15. The third kappa shape index (κ3) is 3.16. The number of hydrogen-bond donors (Lipinski definition) is 2. The Kier molecular flexibility index (Phi) is 4.67. The number of hydrogen-bond acceptors (Lipinski definition) is 4. The second-order valence-electron chi connectivity index (χ2n) is 3.87. The highest BCUT2D eigenvalue weighted by molar-refractivity contribution is 5.31. The zero-order chi connectivity index (χ0) is 12.1. The summed E-state index contributed by atoms with van der Waals surface area (Å²) in [6.45, 7) is 0.625. The van der Waals surface area contributed by atoms with Crippen LogP contribution in [-0.2, 0) is 0 Å². The van der Waals surface area contributed by atoms with E-state index in [1.165, 1.54) is 13.2 Å². The van der Waals surface area contributed by atoms with E-state index in [9.17, 15) is 4.39 Å². The first kappa shape index (κ1) is 12.9. The van der Waals surface area contributed by atoms with E-state index >= 15 is 0 Å². The topological polar surface area (TPSA) is 50.5 Å². The van der Waals surface area contributed by atoms with Crippen molar-refractivity contribution in [2.75, 3.05) is 27.7 Å². The van der Waals surface area contributed by atoms with Crippen molar-refractivity contribution in [3.63, 3.8) is 0 Å². The van der Waals surface area contributed by atoms with Crippen LogP contribution in [0.3, 0.4) is 0 Å². The van der Waals surface area contributed by atoms with Gasteiger partial charge in [-0.05, 0) is 20.2 Å². The molecule has 1 aromatic carbocycles. The van der Waals surface area contributed by atoms with Gasteiger partial charge in [-0.15, -0.1) is 0 Å². The molecule has 0 spiro atoms. The second kappa shape index (κ2) is 5.79. The molecule has 16 heavy (non-hydrogen) atoms. The molecular weight excluding hydrogens is 209 g/mol. The third-order valence-corrected chi connectivity index (χ3v) is 2.33. The molecule has 4 nitrogen and oxygen atoms in total. The number of nitrogens with zero attached hydrogens (tertiary/aromatic N) is 1. The van der Waals surface area contributed by atoms with Crippen LogP contribution >= 0.6 is 0 Å². The second-order valence-corrected chi connectivity index (χ2v) is 3.87. The molecule has 5 heteroatoms. The van der Waals surface area contributed by atoms with Gasteiger partial charge in [-0.3, -0.25) is 11.3 Å². The van der Waals surface area contributed by atoms with E-state index in [0.29, 0.717) is 17.9 Å². The number of nitrogens with two attached hydrogens (primary N) is 1. The van der Waals surface area contributed by atoms with Crippen LogP contribution in [0.15, 0.2) is 18.2 Å². The maximum atomic E-state index is 13.7. The van der Waals surface area contributed by atoms with Crippen molar-refractivity contribution in [1.82, 2.24) is 10.3 Å². The van der Waals surface area contributed by atoms with Gasteiger partial charge in [0, 0.05) is 18.2 Å². The summed E-state index contributed by atoms with van der Waals surface area (Å²) >= 11 is 0. The van der Waals surface area contributed by atoms with Gasteiger partial charge in [-0.25, -0.2) is 4.39 Å². The molecule has 1 rings (SSSR count). The molecule has 0 radical (unpaired) electrons. The lowest BCUT2D eigenvalue weighted by Crippen LogP contribution is -2.35. The molecule has 1 unspecified atom stereocenters. The van der Waals surface area contributed by atoms with E-state index in [1.54, 1.807) is 12.1 Å². The van der Waals surface area contributed by atoms with Crippen molar-refractivity contribution >= 4 is 0 Å². The molecule has 1 aromatic rings. The molecule has 0 aliphatic heterocycles. The van der Waals surface area contributed by atoms with E-state index in [1.807, 2.05) is 19.0 Å². The predicted octanol–water partition coefficient (Wildman–Crippen LogP) is 0.900. The molecule has 0 saturated heterocycles. The summed E-state index contributed by atoms with van der Waals surface area (Å²) in [7, 11) is 5.32. The lowest BCUT2D eigenvalue weighted by atomic mass is 10.1. The van der Waals surface area contributed by atoms with Crippen molar-refractivity contribution in [2.24, 2.45) is 5.84 Å². The molecule has 0 aliphatic carbocycles. The van der Waals surface area contributed by atoms with Crippen LogP contribution in [0.5, 0.6) is 5.75 Å². The van der Waals surface area contributed by atoms with Gasteiger partial charge in [0.2, 0.25) is 0 Å². The van der Waals surface area contributed by atoms with E-state index in [2.05, 4.69) is 5.43 Å². The average molecular weight is 227 g/mol. The molecule has 0 amide bonds. The lowest BCUT2D eigenvalue weighted by molar-refractivity contribution is 0.338. The van der Waals surface area contributed by atoms with Crippen LogP contribution in [0.25, 0.3) is 0 Å². The van der Waals surface area contributed by atoms with Crippen LogP contribution in [0.4, 0.5) is 4.39 Å². The molecule has 3 N–H and O–H groups in total. The molecule has 0 saturated carbocycles. The fourth-order valence-electron chi connectivity index (χ4n) is 1.52. The number of benzene rings is 1. The van der Waals surface area contributed by atoms with Crippen LogP contribution in [0.1, 0.15) is 11.6 Å². The van der Waals surface area contributed by atoms with E-state index in [0.717, 1.165) is 0 Å². The minimum absolute atomic E-state index is 0.235. The van der Waals surface area contributed by atoms with Crippen LogP contribution < -0.4 is 16.0 Å². The Morgan fingerprint density at radius 1 is 1.50 bits per heavy atom. The largest absolute Gasteiger partial charge is 0.497 e. The van der Waals surface area contributed by atoms with Gasteiger partial charge in [0.05, 0.1) is 13.2 Å². The smallest absolute Gasteiger partial charge is 0.131 e. The monoisotopic (exact) mass is 227 g/mol. The van der Waals surface area contributed by atoms with E-state index < -0.39 is 0 Å². The first-order valence-electron chi connectivity index (χ1n) is 5.02. The summed E-state index contributed by atoms with van der Waals surface area (Å²) in [5.41, 5.74) is 3.14. The van der Waals surface area contributed by atoms with Gasteiger partial charge in [0.25, 0.3) is 0 Å². The molecule has 0 bridgehead atoms. The van der Waals surface area contributed by atoms with Crippen molar-refractivity contribution in [1.29, 1.82) is 0 Å². The predicted molar refractivity (Wildman–Crippen MR) is 61.6 cm³/mol. The normalized spacial score (nSPS) is 12.9. The maximum Gasteiger partial charge on any atom is 0.131 e. The van der Waals surface area contributed by atoms with Crippen LogP contribution in [-0.4, -0.2) is 32.6 Å². The van der Waals surface area contributed by atoms with Crippen molar-refractivity contribution in [3.05, 3.63) is 29.6 Å². The molecule has 0 aliphatic rings. The van der Waals surface area contributed by atoms with Crippen LogP contribution in [0.2, 0.25) is 0 Å². The average Bonchev–Trinajstić information content (AvgIpc) is 2.25. The van der Waals surface area contributed by atoms with Gasteiger partial charge in [0.15, 0.2) is 0 Å². The number of rotatable bonds is 5. The summed E-state index contributed by atoms with van der Waals surface area (Å²) in [5, 5.41) is 0. The Morgan fingerprint density at radius 3 is 2.62 bits per heavy atom. The molecule has 90 valence electrons. The fourth-order valence-corrected chi connectivity index (χ4v) is 1.52. The molecule has 0 aromatic heterocycles. The molecular formula is C11H18FN3O. The summed E-state index contributed by atoms with van der Waals surface area (Å²) in [6, 6.07) is 4.52. The molecule has 0 fully saturated rings. The summed E-state index contributed by atoms with van der Waals surface area (Å²) in [4.78, 5) is 1.94. The lowest BCUT2D eigenvalue weighted by Gasteiger charge is -2.21. The van der Waals surface area contributed by atoms with E-state index in [4.69, 9.17) is 10.6 Å². The van der Waals surface area contributed by atoms with Gasteiger partial charge in [0.1, 0.15) is 11.6 Å². The number of likely N-dealkylation sites (N-methyl/N-ethyl adjacent to an activating group) is 1. The van der Waals surface area contributed by atoms with Gasteiger partial charge >= 0.3 is 0 Å². The van der Waals surface area contributed by atoms with Crippen molar-refractivity contribution < 1.29 is 9.13 Å². The van der Waals surface area contributed by atoms with Gasteiger partial charge < -0.3 is 9.64 Å². The first-order chi connectivity index (χ1) is 7.58. The van der Waals surface area contributed by atoms with Crippen LogP contribution in [0, 0.1) is 5.82 Å². The number of halogens is 1. The number of hydrazine groups is 1. The fraction of sp³-hybridized carbons (Fsp3) is 0.455. The number of ether oxygens (including phenoxy) is 1. The number of methoxy groups -OCH3 is 1. The van der Waals surface area contributed by atoms with Crippen molar-refractivity contribution in [2.45, 2.75) is 6.04 Å². The summed E-state index contributed by atoms with van der Waals surface area (Å²) < 4.78 is 18.7. The molecule has 0 heterocycles. The quantitative estimate of drug-likeness (QED) is 0.579. The Morgan fingerprint density at radius 2 is 2.19 bits per heavy atom. The zero-order valence-corrected chi connectivity index (χ0v) is 9.83.